The molecule has 7 atom stereocenters. The van der Waals surface area contributed by atoms with Gasteiger partial charge in [0.1, 0.15) is 24.9 Å². The monoisotopic (exact) mass is 840 g/mol. The van der Waals surface area contributed by atoms with Crippen LogP contribution >= 0.6 is 0 Å². The van der Waals surface area contributed by atoms with Crippen molar-refractivity contribution in [2.45, 2.75) is 55.8 Å². The van der Waals surface area contributed by atoms with Crippen LogP contribution in [0.4, 0.5) is 4.79 Å². The van der Waals surface area contributed by atoms with Crippen LogP contribution in [0.5, 0.6) is 0 Å². The van der Waals surface area contributed by atoms with Gasteiger partial charge >= 0.3 is 18.0 Å². The zero-order valence-corrected chi connectivity index (χ0v) is 33.6. The number of carbonyl (C=O) groups is 5. The summed E-state index contributed by atoms with van der Waals surface area (Å²) in [5.74, 6) is -2.95. The number of nitrogens with one attached hydrogen (secondary N) is 2. The maximum Gasteiger partial charge on any atom is 0.407 e. The fourth-order valence-corrected chi connectivity index (χ4v) is 7.87. The lowest BCUT2D eigenvalue weighted by Crippen LogP contribution is -2.68. The van der Waals surface area contributed by atoms with E-state index in [4.69, 9.17) is 33.2 Å². The van der Waals surface area contributed by atoms with Crippen LogP contribution in [0.1, 0.15) is 56.5 Å². The number of ether oxygens (including phenoxy) is 7. The van der Waals surface area contributed by atoms with E-state index >= 15 is 0 Å². The Kier molecular flexibility index (Phi) is 13.1. The Hall–Kier alpha value is -6.71. The van der Waals surface area contributed by atoms with E-state index in [0.717, 1.165) is 22.3 Å². The van der Waals surface area contributed by atoms with Crippen molar-refractivity contribution >= 4 is 29.7 Å². The molecule has 0 saturated carbocycles. The van der Waals surface area contributed by atoms with E-state index < -0.39 is 85.9 Å². The smallest absolute Gasteiger partial charge is 0.407 e. The molecule has 2 fully saturated rings. The minimum atomic E-state index is -1.54. The van der Waals surface area contributed by atoms with Gasteiger partial charge in [-0.25, -0.2) is 14.4 Å². The molecule has 62 heavy (non-hydrogen) atoms. The van der Waals surface area contributed by atoms with Crippen LogP contribution in [0.25, 0.3) is 11.1 Å². The summed E-state index contributed by atoms with van der Waals surface area (Å²) in [6.45, 7) is -0.0132. The molecule has 8 rings (SSSR count). The molecule has 1 unspecified atom stereocenters. The Bertz CT molecular complexity index is 2330. The fraction of sp³-hybridized carbons (Fsp3) is 0.271. The van der Waals surface area contributed by atoms with E-state index in [1.807, 2.05) is 78.9 Å². The van der Waals surface area contributed by atoms with Gasteiger partial charge in [-0.1, -0.05) is 127 Å². The molecule has 318 valence electrons. The quantitative estimate of drug-likeness (QED) is 0.0771. The van der Waals surface area contributed by atoms with E-state index in [2.05, 4.69) is 10.6 Å². The molecule has 3 aliphatic rings. The number of rotatable bonds is 14. The predicted molar refractivity (Wildman–Crippen MR) is 222 cm³/mol. The van der Waals surface area contributed by atoms with Crippen molar-refractivity contribution in [3.05, 3.63) is 167 Å². The Balaban J connectivity index is 1.02. The number of hydrogen-bond acceptors (Lipinski definition) is 12. The second-order valence-corrected chi connectivity index (χ2v) is 14.9. The maximum atomic E-state index is 13.8. The van der Waals surface area contributed by atoms with Crippen molar-refractivity contribution in [3.8, 4) is 11.1 Å². The highest BCUT2D eigenvalue weighted by Crippen LogP contribution is 2.44. The number of Topliss-reactive ketones (excluding diaryl/α,β-unsaturated/α-hetero) is 1. The highest BCUT2D eigenvalue weighted by Gasteiger charge is 2.53. The van der Waals surface area contributed by atoms with Crippen LogP contribution in [0.2, 0.25) is 0 Å². The molecule has 14 nitrogen and oxygen atoms in total. The Morgan fingerprint density at radius 1 is 0.710 bits per heavy atom. The average Bonchev–Trinajstić information content (AvgIpc) is 3.63. The van der Waals surface area contributed by atoms with Gasteiger partial charge in [-0.15, -0.1) is 0 Å². The van der Waals surface area contributed by atoms with Crippen LogP contribution in [0.3, 0.4) is 0 Å². The predicted octanol–water partition coefficient (Wildman–Crippen LogP) is 5.91. The van der Waals surface area contributed by atoms with Gasteiger partial charge < -0.3 is 43.8 Å². The van der Waals surface area contributed by atoms with Crippen molar-refractivity contribution < 1.29 is 57.1 Å². The fourth-order valence-electron chi connectivity index (χ4n) is 7.87. The summed E-state index contributed by atoms with van der Waals surface area (Å²) in [6, 6.07) is 38.7. The Morgan fingerprint density at radius 2 is 1.31 bits per heavy atom. The summed E-state index contributed by atoms with van der Waals surface area (Å²) < 4.78 is 42.3. The van der Waals surface area contributed by atoms with Crippen LogP contribution in [0, 0.1) is 0 Å². The first kappa shape index (κ1) is 42.0. The van der Waals surface area contributed by atoms with E-state index in [-0.39, 0.29) is 24.7 Å². The van der Waals surface area contributed by atoms with E-state index in [0.29, 0.717) is 11.1 Å². The summed E-state index contributed by atoms with van der Waals surface area (Å²) in [6.07, 6.45) is -6.24. The van der Waals surface area contributed by atoms with E-state index in [9.17, 15) is 24.0 Å². The van der Waals surface area contributed by atoms with Gasteiger partial charge in [-0.05, 0) is 34.4 Å². The number of carbonyl (C=O) groups excluding carboxylic acids is 5. The number of benzene rings is 5. The topological polar surface area (TPSA) is 174 Å². The third-order valence-corrected chi connectivity index (χ3v) is 10.8. The molecule has 5 aromatic rings. The summed E-state index contributed by atoms with van der Waals surface area (Å²) in [4.78, 5) is 66.7. The molecular weight excluding hydrogens is 797 g/mol. The molecular formula is C48H44N2O12. The molecule has 0 aromatic heterocycles. The SMILES string of the molecule is CC(=O)N[C@H]1[C@@H](OC[C@H](NC(=O)OCC2c3ccccc3-c3ccccc32)C(=O)OCC(=O)c2ccccc2)O[C@@H]2COC(c3ccccc3)O[C@@H]2[C@@H]1OC(=O)c1ccccc1. The lowest BCUT2D eigenvalue weighted by atomic mass is 9.95. The number of fused-ring (bicyclic) bond motifs is 4. The molecule has 0 radical (unpaired) electrons. The zero-order chi connectivity index (χ0) is 43.0. The van der Waals surface area contributed by atoms with E-state index in [1.165, 1.54) is 6.92 Å². The molecule has 0 spiro atoms. The third-order valence-electron chi connectivity index (χ3n) is 10.8. The van der Waals surface area contributed by atoms with Gasteiger partial charge in [0.25, 0.3) is 0 Å². The third kappa shape index (κ3) is 9.59. The minimum Gasteiger partial charge on any atom is -0.456 e. The van der Waals surface area contributed by atoms with Gasteiger partial charge in [-0.2, -0.15) is 0 Å². The first-order valence-corrected chi connectivity index (χ1v) is 20.2. The molecule has 2 amide bonds. The van der Waals surface area contributed by atoms with Crippen LogP contribution < -0.4 is 10.6 Å². The van der Waals surface area contributed by atoms with Crippen LogP contribution in [-0.2, 0) is 42.7 Å². The number of alkyl carbamates (subject to hydrolysis) is 1. The van der Waals surface area contributed by atoms with Crippen molar-refractivity contribution in [3.63, 3.8) is 0 Å². The van der Waals surface area contributed by atoms with Crippen molar-refractivity contribution in [2.75, 3.05) is 26.4 Å². The largest absolute Gasteiger partial charge is 0.456 e. The average molecular weight is 841 g/mol. The molecule has 2 N–H and O–H groups in total. The molecule has 0 bridgehead atoms. The van der Waals surface area contributed by atoms with Crippen LogP contribution in [0.15, 0.2) is 140 Å². The second kappa shape index (κ2) is 19.3. The Labute approximate surface area is 357 Å². The van der Waals surface area contributed by atoms with E-state index in [1.54, 1.807) is 60.7 Å². The second-order valence-electron chi connectivity index (χ2n) is 14.9. The van der Waals surface area contributed by atoms with Gasteiger partial charge in [0.05, 0.1) is 18.8 Å². The first-order valence-electron chi connectivity index (χ1n) is 20.2. The summed E-state index contributed by atoms with van der Waals surface area (Å²) in [5, 5.41) is 5.33. The van der Waals surface area contributed by atoms with Gasteiger partial charge in [-0.3, -0.25) is 9.59 Å². The van der Waals surface area contributed by atoms with Gasteiger partial charge in [0, 0.05) is 24.0 Å². The van der Waals surface area contributed by atoms with Gasteiger partial charge in [0.15, 0.2) is 37.1 Å². The first-order chi connectivity index (χ1) is 30.2. The zero-order valence-electron chi connectivity index (χ0n) is 33.6. The van der Waals surface area contributed by atoms with Crippen LogP contribution in [-0.4, -0.2) is 92.8 Å². The van der Waals surface area contributed by atoms with Gasteiger partial charge in [0.2, 0.25) is 5.91 Å². The van der Waals surface area contributed by atoms with Crippen molar-refractivity contribution in [1.82, 2.24) is 10.6 Å². The molecule has 2 heterocycles. The molecule has 2 aliphatic heterocycles. The standard InChI is InChI=1S/C48H44N2O12/c1-29(51)49-41-43(61-44(53)31-17-7-3-8-18-31)42-40(28-58-46(62-42)32-19-9-4-10-20-32)60-47(41)57-26-38(45(54)56-27-39(52)30-15-5-2-6-16-30)50-48(55)59-25-37-35-23-13-11-21-33(35)34-22-12-14-24-36(34)37/h2-24,37-38,40-43,46-47H,25-28H2,1H3,(H,49,51)(H,50,55)/t38-,40+,41+,42-,43+,46?,47-/m0/s1. The highest BCUT2D eigenvalue weighted by molar-refractivity contribution is 5.98. The molecule has 2 saturated heterocycles. The number of ketones is 1. The molecule has 14 heteroatoms. The molecule has 1 aliphatic carbocycles. The van der Waals surface area contributed by atoms with Crippen molar-refractivity contribution in [1.29, 1.82) is 0 Å². The maximum absolute atomic E-state index is 13.8. The summed E-state index contributed by atoms with van der Waals surface area (Å²) in [5.41, 5.74) is 5.34. The lowest BCUT2D eigenvalue weighted by molar-refractivity contribution is -0.343. The summed E-state index contributed by atoms with van der Waals surface area (Å²) in [7, 11) is 0. The number of hydrogen-bond donors (Lipinski definition) is 2. The number of amides is 2. The Morgan fingerprint density at radius 3 is 1.95 bits per heavy atom. The summed E-state index contributed by atoms with van der Waals surface area (Å²) >= 11 is 0. The molecule has 5 aromatic carbocycles. The lowest BCUT2D eigenvalue weighted by Gasteiger charge is -2.48. The minimum absolute atomic E-state index is 0.0265. The number of esters is 2. The van der Waals surface area contributed by atoms with Crippen molar-refractivity contribution in [2.24, 2.45) is 0 Å². The normalized spacial score (nSPS) is 21.8. The highest BCUT2D eigenvalue weighted by atomic mass is 16.8.